The molecule has 158 valence electrons. The number of ether oxygens (including phenoxy) is 2. The quantitative estimate of drug-likeness (QED) is 0.444. The van der Waals surface area contributed by atoms with Crippen LogP contribution in [0.3, 0.4) is 0 Å². The molecule has 2 fully saturated rings. The van der Waals surface area contributed by atoms with Crippen LogP contribution in [0.15, 0.2) is 12.7 Å². The van der Waals surface area contributed by atoms with E-state index in [1.807, 2.05) is 4.90 Å². The van der Waals surface area contributed by atoms with Crippen LogP contribution in [0.1, 0.15) is 33.1 Å². The Balaban J connectivity index is 1.68. The molecule has 2 aliphatic rings. The van der Waals surface area contributed by atoms with E-state index in [0.29, 0.717) is 38.8 Å². The SMILES string of the molecule is C=CCOC(C)C(=O)OCC(=O)N1CCN(CC(=O)N2CCCCC2C)CC1. The lowest BCUT2D eigenvalue weighted by molar-refractivity contribution is -0.161. The Morgan fingerprint density at radius 2 is 1.82 bits per heavy atom. The van der Waals surface area contributed by atoms with Gasteiger partial charge in [0.15, 0.2) is 12.7 Å². The summed E-state index contributed by atoms with van der Waals surface area (Å²) in [5.41, 5.74) is 0. The Morgan fingerprint density at radius 3 is 2.46 bits per heavy atom. The van der Waals surface area contributed by atoms with Gasteiger partial charge in [-0.05, 0) is 33.1 Å². The van der Waals surface area contributed by atoms with Crippen molar-refractivity contribution in [2.45, 2.75) is 45.3 Å². The Kier molecular flexibility index (Phi) is 8.92. The van der Waals surface area contributed by atoms with Gasteiger partial charge in [-0.3, -0.25) is 14.5 Å². The predicted molar refractivity (Wildman–Crippen MR) is 105 cm³/mol. The van der Waals surface area contributed by atoms with Gasteiger partial charge in [0, 0.05) is 38.8 Å². The molecule has 2 saturated heterocycles. The summed E-state index contributed by atoms with van der Waals surface area (Å²) in [4.78, 5) is 42.3. The van der Waals surface area contributed by atoms with Crippen LogP contribution < -0.4 is 0 Å². The predicted octanol–water partition coefficient (Wildman–Crippen LogP) is 0.666. The number of rotatable bonds is 8. The van der Waals surface area contributed by atoms with E-state index in [1.54, 1.807) is 17.9 Å². The minimum Gasteiger partial charge on any atom is -0.454 e. The van der Waals surface area contributed by atoms with Crippen LogP contribution in [-0.2, 0) is 23.9 Å². The van der Waals surface area contributed by atoms with E-state index >= 15 is 0 Å². The fourth-order valence-electron chi connectivity index (χ4n) is 3.53. The van der Waals surface area contributed by atoms with Gasteiger partial charge in [-0.25, -0.2) is 4.79 Å². The van der Waals surface area contributed by atoms with Gasteiger partial charge < -0.3 is 19.3 Å². The van der Waals surface area contributed by atoms with Gasteiger partial charge in [-0.1, -0.05) is 6.08 Å². The van der Waals surface area contributed by atoms with Crippen molar-refractivity contribution in [1.29, 1.82) is 0 Å². The summed E-state index contributed by atoms with van der Waals surface area (Å²) in [5, 5.41) is 0. The van der Waals surface area contributed by atoms with E-state index in [9.17, 15) is 14.4 Å². The van der Waals surface area contributed by atoms with Crippen LogP contribution in [0.25, 0.3) is 0 Å². The lowest BCUT2D eigenvalue weighted by Crippen LogP contribution is -2.53. The molecule has 2 amide bonds. The lowest BCUT2D eigenvalue weighted by Gasteiger charge is -2.38. The van der Waals surface area contributed by atoms with Crippen molar-refractivity contribution < 1.29 is 23.9 Å². The Hall–Kier alpha value is -1.93. The molecule has 8 nitrogen and oxygen atoms in total. The van der Waals surface area contributed by atoms with Crippen LogP contribution in [0.2, 0.25) is 0 Å². The maximum atomic E-state index is 12.5. The molecule has 2 aliphatic heterocycles. The van der Waals surface area contributed by atoms with Crippen molar-refractivity contribution in [1.82, 2.24) is 14.7 Å². The minimum atomic E-state index is -0.731. The summed E-state index contributed by atoms with van der Waals surface area (Å²) >= 11 is 0. The monoisotopic (exact) mass is 395 g/mol. The van der Waals surface area contributed by atoms with Crippen LogP contribution in [0.4, 0.5) is 0 Å². The summed E-state index contributed by atoms with van der Waals surface area (Å²) in [6.45, 7) is 10.8. The molecule has 0 saturated carbocycles. The first-order chi connectivity index (χ1) is 13.4. The van der Waals surface area contributed by atoms with Crippen molar-refractivity contribution in [2.75, 3.05) is 52.5 Å². The molecule has 2 atom stereocenters. The van der Waals surface area contributed by atoms with Gasteiger partial charge >= 0.3 is 5.97 Å². The molecule has 2 rings (SSSR count). The lowest BCUT2D eigenvalue weighted by atomic mass is 10.0. The van der Waals surface area contributed by atoms with Gasteiger partial charge in [0.05, 0.1) is 13.2 Å². The van der Waals surface area contributed by atoms with E-state index < -0.39 is 12.1 Å². The van der Waals surface area contributed by atoms with Gasteiger partial charge in [-0.2, -0.15) is 0 Å². The molecule has 0 N–H and O–H groups in total. The molecule has 28 heavy (non-hydrogen) atoms. The second-order valence-electron chi connectivity index (χ2n) is 7.46. The van der Waals surface area contributed by atoms with Crippen molar-refractivity contribution in [2.24, 2.45) is 0 Å². The molecule has 0 aromatic carbocycles. The molecule has 0 radical (unpaired) electrons. The fourth-order valence-corrected chi connectivity index (χ4v) is 3.53. The number of esters is 1. The molecule has 0 aromatic rings. The number of carbonyl (C=O) groups excluding carboxylic acids is 3. The molecule has 0 aliphatic carbocycles. The second kappa shape index (κ2) is 11.2. The second-order valence-corrected chi connectivity index (χ2v) is 7.46. The highest BCUT2D eigenvalue weighted by Crippen LogP contribution is 2.17. The van der Waals surface area contributed by atoms with E-state index in [4.69, 9.17) is 9.47 Å². The van der Waals surface area contributed by atoms with Crippen LogP contribution >= 0.6 is 0 Å². The molecular formula is C20H33N3O5. The molecule has 0 aromatic heterocycles. The number of carbonyl (C=O) groups is 3. The van der Waals surface area contributed by atoms with Gasteiger partial charge in [-0.15, -0.1) is 6.58 Å². The first kappa shape index (κ1) is 22.4. The topological polar surface area (TPSA) is 79.4 Å². The first-order valence-electron chi connectivity index (χ1n) is 10.1. The Bertz CT molecular complexity index is 560. The maximum Gasteiger partial charge on any atom is 0.335 e. The number of nitrogens with zero attached hydrogens (tertiary/aromatic N) is 3. The van der Waals surface area contributed by atoms with Gasteiger partial charge in [0.25, 0.3) is 5.91 Å². The summed E-state index contributed by atoms with van der Waals surface area (Å²) in [5.74, 6) is -0.607. The standard InChI is InChI=1S/C20H33N3O5/c1-4-13-27-17(3)20(26)28-15-19(25)22-11-9-21(10-12-22)14-18(24)23-8-6-5-7-16(23)2/h4,16-17H,1,5-15H2,2-3H3. The zero-order valence-corrected chi connectivity index (χ0v) is 17.1. The summed E-state index contributed by atoms with van der Waals surface area (Å²) in [7, 11) is 0. The number of hydrogen-bond acceptors (Lipinski definition) is 6. The molecule has 0 spiro atoms. The number of amides is 2. The summed E-state index contributed by atoms with van der Waals surface area (Å²) in [6.07, 6.45) is 4.16. The number of likely N-dealkylation sites (tertiary alicyclic amines) is 1. The van der Waals surface area contributed by atoms with E-state index in [-0.39, 0.29) is 25.0 Å². The normalized spacial score (nSPS) is 21.9. The molecule has 2 unspecified atom stereocenters. The third-order valence-electron chi connectivity index (χ3n) is 5.34. The number of hydrogen-bond donors (Lipinski definition) is 0. The fraction of sp³-hybridized carbons (Fsp3) is 0.750. The zero-order valence-electron chi connectivity index (χ0n) is 17.1. The van der Waals surface area contributed by atoms with E-state index in [1.165, 1.54) is 6.42 Å². The average molecular weight is 396 g/mol. The molecule has 8 heteroatoms. The summed E-state index contributed by atoms with van der Waals surface area (Å²) in [6, 6.07) is 0.316. The highest BCUT2D eigenvalue weighted by atomic mass is 16.6. The third-order valence-corrected chi connectivity index (χ3v) is 5.34. The molecule has 2 heterocycles. The Morgan fingerprint density at radius 1 is 1.11 bits per heavy atom. The third kappa shape index (κ3) is 6.60. The van der Waals surface area contributed by atoms with Crippen molar-refractivity contribution in [3.8, 4) is 0 Å². The smallest absolute Gasteiger partial charge is 0.335 e. The van der Waals surface area contributed by atoms with Crippen LogP contribution in [-0.4, -0.2) is 97.1 Å². The first-order valence-corrected chi connectivity index (χ1v) is 10.1. The van der Waals surface area contributed by atoms with Crippen LogP contribution in [0, 0.1) is 0 Å². The minimum absolute atomic E-state index is 0.175. The van der Waals surface area contributed by atoms with E-state index in [0.717, 1.165) is 19.4 Å². The van der Waals surface area contributed by atoms with Crippen molar-refractivity contribution in [3.05, 3.63) is 12.7 Å². The highest BCUT2D eigenvalue weighted by Gasteiger charge is 2.27. The molecule has 0 bridgehead atoms. The highest BCUT2D eigenvalue weighted by molar-refractivity contribution is 5.82. The van der Waals surface area contributed by atoms with Crippen molar-refractivity contribution >= 4 is 17.8 Å². The number of piperazine rings is 1. The largest absolute Gasteiger partial charge is 0.454 e. The zero-order chi connectivity index (χ0) is 20.5. The Labute approximate surface area is 167 Å². The maximum absolute atomic E-state index is 12.5. The van der Waals surface area contributed by atoms with Gasteiger partial charge in [0.2, 0.25) is 5.91 Å². The molecular weight excluding hydrogens is 362 g/mol. The summed E-state index contributed by atoms with van der Waals surface area (Å²) < 4.78 is 10.2. The average Bonchev–Trinajstić information content (AvgIpc) is 2.70. The van der Waals surface area contributed by atoms with Crippen LogP contribution in [0.5, 0.6) is 0 Å². The van der Waals surface area contributed by atoms with Crippen molar-refractivity contribution in [3.63, 3.8) is 0 Å². The van der Waals surface area contributed by atoms with Gasteiger partial charge in [0.1, 0.15) is 0 Å². The van der Waals surface area contributed by atoms with E-state index in [2.05, 4.69) is 18.4 Å². The number of piperidine rings is 1.